The maximum atomic E-state index is 12.1. The number of piperidine rings is 1. The van der Waals surface area contributed by atoms with Crippen LogP contribution in [0.15, 0.2) is 0 Å². The fourth-order valence-electron chi connectivity index (χ4n) is 2.18. The molecule has 2 amide bonds. The molecule has 6 heteroatoms. The number of aliphatic hydroxyl groups is 1. The molecule has 0 radical (unpaired) electrons. The SMILES string of the molecule is CC1CN(C(=O)N[C@H](C(=O)O)C(C)(C)C)CCC1O. The Labute approximate surface area is 113 Å². The van der Waals surface area contributed by atoms with Crippen LogP contribution in [0, 0.1) is 11.3 Å². The van der Waals surface area contributed by atoms with Gasteiger partial charge in [0.05, 0.1) is 6.10 Å². The van der Waals surface area contributed by atoms with Gasteiger partial charge < -0.3 is 20.4 Å². The lowest BCUT2D eigenvalue weighted by atomic mass is 9.87. The summed E-state index contributed by atoms with van der Waals surface area (Å²) in [4.78, 5) is 24.9. The Morgan fingerprint density at radius 3 is 2.37 bits per heavy atom. The first kappa shape index (κ1) is 15.8. The molecule has 1 fully saturated rings. The monoisotopic (exact) mass is 272 g/mol. The van der Waals surface area contributed by atoms with Crippen molar-refractivity contribution in [2.24, 2.45) is 11.3 Å². The molecule has 0 aromatic carbocycles. The first-order valence-corrected chi connectivity index (χ1v) is 6.59. The molecule has 110 valence electrons. The highest BCUT2D eigenvalue weighted by Crippen LogP contribution is 2.21. The van der Waals surface area contributed by atoms with Crippen LogP contribution in [-0.2, 0) is 4.79 Å². The smallest absolute Gasteiger partial charge is 0.326 e. The number of carboxylic acid groups (broad SMARTS) is 1. The van der Waals surface area contributed by atoms with E-state index < -0.39 is 17.4 Å². The molecule has 6 nitrogen and oxygen atoms in total. The molecule has 3 N–H and O–H groups in total. The average molecular weight is 272 g/mol. The summed E-state index contributed by atoms with van der Waals surface area (Å²) in [5.74, 6) is -1.02. The van der Waals surface area contributed by atoms with Gasteiger partial charge in [-0.1, -0.05) is 27.7 Å². The van der Waals surface area contributed by atoms with Crippen molar-refractivity contribution in [2.75, 3.05) is 13.1 Å². The fraction of sp³-hybridized carbons (Fsp3) is 0.846. The molecule has 0 spiro atoms. The molecule has 1 aliphatic rings. The molecular formula is C13H24N2O4. The Hall–Kier alpha value is -1.30. The maximum Gasteiger partial charge on any atom is 0.326 e. The van der Waals surface area contributed by atoms with E-state index in [4.69, 9.17) is 0 Å². The summed E-state index contributed by atoms with van der Waals surface area (Å²) < 4.78 is 0. The van der Waals surface area contributed by atoms with Gasteiger partial charge in [0.15, 0.2) is 0 Å². The molecular weight excluding hydrogens is 248 g/mol. The predicted octanol–water partition coefficient (Wildman–Crippen LogP) is 0.898. The predicted molar refractivity (Wildman–Crippen MR) is 70.8 cm³/mol. The van der Waals surface area contributed by atoms with Gasteiger partial charge in [0, 0.05) is 13.1 Å². The number of hydrogen-bond donors (Lipinski definition) is 3. The van der Waals surface area contributed by atoms with Crippen molar-refractivity contribution in [1.82, 2.24) is 10.2 Å². The number of hydrogen-bond acceptors (Lipinski definition) is 3. The molecule has 0 bridgehead atoms. The molecule has 1 rings (SSSR count). The van der Waals surface area contributed by atoms with Crippen LogP contribution in [0.5, 0.6) is 0 Å². The highest BCUT2D eigenvalue weighted by atomic mass is 16.4. The van der Waals surface area contributed by atoms with E-state index in [0.717, 1.165) is 0 Å². The lowest BCUT2D eigenvalue weighted by Gasteiger charge is -2.36. The summed E-state index contributed by atoms with van der Waals surface area (Å²) in [5, 5.41) is 21.4. The number of carbonyl (C=O) groups is 2. The van der Waals surface area contributed by atoms with Crippen molar-refractivity contribution >= 4 is 12.0 Å². The first-order chi connectivity index (χ1) is 8.62. The number of amides is 2. The zero-order chi connectivity index (χ0) is 14.8. The quantitative estimate of drug-likeness (QED) is 0.696. The van der Waals surface area contributed by atoms with Gasteiger partial charge >= 0.3 is 12.0 Å². The van der Waals surface area contributed by atoms with Crippen LogP contribution in [0.2, 0.25) is 0 Å². The molecule has 3 atom stereocenters. The van der Waals surface area contributed by atoms with Crippen LogP contribution in [0.4, 0.5) is 4.79 Å². The van der Waals surface area contributed by atoms with Crippen LogP contribution < -0.4 is 5.32 Å². The summed E-state index contributed by atoms with van der Waals surface area (Å²) in [7, 11) is 0. The number of nitrogens with zero attached hydrogens (tertiary/aromatic N) is 1. The van der Waals surface area contributed by atoms with Crippen molar-refractivity contribution in [1.29, 1.82) is 0 Å². The Kier molecular flexibility index (Phi) is 4.79. The minimum atomic E-state index is -1.04. The van der Waals surface area contributed by atoms with E-state index in [9.17, 15) is 19.8 Å². The van der Waals surface area contributed by atoms with Crippen molar-refractivity contribution < 1.29 is 19.8 Å². The number of carboxylic acids is 1. The van der Waals surface area contributed by atoms with Gasteiger partial charge in [-0.3, -0.25) is 0 Å². The molecule has 19 heavy (non-hydrogen) atoms. The third kappa shape index (κ3) is 4.09. The molecule has 1 heterocycles. The lowest BCUT2D eigenvalue weighted by Crippen LogP contribution is -2.56. The van der Waals surface area contributed by atoms with E-state index >= 15 is 0 Å². The molecule has 0 saturated carbocycles. The second kappa shape index (κ2) is 5.77. The van der Waals surface area contributed by atoms with Crippen molar-refractivity contribution in [2.45, 2.75) is 46.3 Å². The largest absolute Gasteiger partial charge is 0.480 e. The minimum Gasteiger partial charge on any atom is -0.480 e. The van der Waals surface area contributed by atoms with Crippen LogP contribution in [0.25, 0.3) is 0 Å². The number of aliphatic carboxylic acids is 1. The fourth-order valence-corrected chi connectivity index (χ4v) is 2.18. The van der Waals surface area contributed by atoms with E-state index in [2.05, 4.69) is 5.32 Å². The number of nitrogens with one attached hydrogen (secondary N) is 1. The van der Waals surface area contributed by atoms with Gasteiger partial charge in [-0.15, -0.1) is 0 Å². The summed E-state index contributed by atoms with van der Waals surface area (Å²) in [6.07, 6.45) is 0.143. The Balaban J connectivity index is 2.66. The Morgan fingerprint density at radius 1 is 1.37 bits per heavy atom. The summed E-state index contributed by atoms with van der Waals surface area (Å²) in [6, 6.07) is -1.30. The Morgan fingerprint density at radius 2 is 1.95 bits per heavy atom. The van der Waals surface area contributed by atoms with E-state index in [1.807, 2.05) is 6.92 Å². The minimum absolute atomic E-state index is 0.0115. The maximum absolute atomic E-state index is 12.1. The van der Waals surface area contributed by atoms with Gasteiger partial charge in [-0.2, -0.15) is 0 Å². The van der Waals surface area contributed by atoms with Gasteiger partial charge in [0.1, 0.15) is 6.04 Å². The zero-order valence-electron chi connectivity index (χ0n) is 12.0. The third-order valence-corrected chi connectivity index (χ3v) is 3.53. The Bertz CT molecular complexity index is 351. The van der Waals surface area contributed by atoms with Crippen molar-refractivity contribution in [3.05, 3.63) is 0 Å². The molecule has 1 saturated heterocycles. The second-order valence-corrected chi connectivity index (χ2v) is 6.37. The molecule has 0 aromatic rings. The third-order valence-electron chi connectivity index (χ3n) is 3.53. The van der Waals surface area contributed by atoms with Crippen molar-refractivity contribution in [3.63, 3.8) is 0 Å². The summed E-state index contributed by atoms with van der Waals surface area (Å²) in [6.45, 7) is 8.10. The zero-order valence-corrected chi connectivity index (χ0v) is 12.0. The number of rotatable bonds is 2. The topological polar surface area (TPSA) is 89.9 Å². The molecule has 0 aromatic heterocycles. The summed E-state index contributed by atoms with van der Waals surface area (Å²) >= 11 is 0. The van der Waals surface area contributed by atoms with E-state index in [-0.39, 0.29) is 18.1 Å². The molecule has 0 aliphatic carbocycles. The molecule has 2 unspecified atom stereocenters. The second-order valence-electron chi connectivity index (χ2n) is 6.37. The van der Waals surface area contributed by atoms with Crippen molar-refractivity contribution in [3.8, 4) is 0 Å². The number of likely N-dealkylation sites (tertiary alicyclic amines) is 1. The van der Waals surface area contributed by atoms with E-state index in [0.29, 0.717) is 19.5 Å². The average Bonchev–Trinajstić information content (AvgIpc) is 2.27. The first-order valence-electron chi connectivity index (χ1n) is 6.59. The van der Waals surface area contributed by atoms with Crippen LogP contribution in [0.1, 0.15) is 34.1 Å². The van der Waals surface area contributed by atoms with Gasteiger partial charge in [0.25, 0.3) is 0 Å². The van der Waals surface area contributed by atoms with Gasteiger partial charge in [-0.25, -0.2) is 9.59 Å². The van der Waals surface area contributed by atoms with Gasteiger partial charge in [-0.05, 0) is 17.8 Å². The number of aliphatic hydroxyl groups excluding tert-OH is 1. The standard InChI is InChI=1S/C13H24N2O4/c1-8-7-15(6-5-9(8)16)12(19)14-10(11(17)18)13(2,3)4/h8-10,16H,5-7H2,1-4H3,(H,14,19)(H,17,18)/t8?,9?,10-/m1/s1. The summed E-state index contributed by atoms with van der Waals surface area (Å²) in [5.41, 5.74) is -0.553. The van der Waals surface area contributed by atoms with Crippen LogP contribution in [0.3, 0.4) is 0 Å². The highest BCUT2D eigenvalue weighted by Gasteiger charge is 2.35. The lowest BCUT2D eigenvalue weighted by molar-refractivity contribution is -0.142. The molecule has 1 aliphatic heterocycles. The van der Waals surface area contributed by atoms with E-state index in [1.54, 1.807) is 25.7 Å². The highest BCUT2D eigenvalue weighted by molar-refractivity contribution is 5.83. The van der Waals surface area contributed by atoms with Crippen LogP contribution in [-0.4, -0.2) is 52.3 Å². The van der Waals surface area contributed by atoms with E-state index in [1.165, 1.54) is 0 Å². The van der Waals surface area contributed by atoms with Gasteiger partial charge in [0.2, 0.25) is 0 Å². The number of urea groups is 1. The normalized spacial score (nSPS) is 25.8. The number of carbonyl (C=O) groups excluding carboxylic acids is 1. The van der Waals surface area contributed by atoms with Crippen LogP contribution >= 0.6 is 0 Å².